The van der Waals surface area contributed by atoms with Crippen molar-refractivity contribution >= 4 is 50.1 Å². The van der Waals surface area contributed by atoms with Crippen LogP contribution < -0.4 is 5.32 Å². The molecule has 1 saturated carbocycles. The molecule has 0 atom stereocenters. The Bertz CT molecular complexity index is 932. The Kier molecular flexibility index (Phi) is 7.66. The number of carbonyl (C=O) groups is 3. The number of halogens is 1. The second kappa shape index (κ2) is 10.2. The van der Waals surface area contributed by atoms with Crippen LogP contribution in [0.15, 0.2) is 28.7 Å². The van der Waals surface area contributed by atoms with Gasteiger partial charge < -0.3 is 14.8 Å². The van der Waals surface area contributed by atoms with Gasteiger partial charge >= 0.3 is 11.9 Å². The molecule has 30 heavy (non-hydrogen) atoms. The zero-order valence-electron chi connectivity index (χ0n) is 17.0. The molecule has 2 aromatic rings. The van der Waals surface area contributed by atoms with Gasteiger partial charge in [0, 0.05) is 10.0 Å². The van der Waals surface area contributed by atoms with Crippen LogP contribution in [0.2, 0.25) is 0 Å². The van der Waals surface area contributed by atoms with Crippen LogP contribution in [0, 0.1) is 6.92 Å². The van der Waals surface area contributed by atoms with Crippen molar-refractivity contribution in [2.24, 2.45) is 0 Å². The van der Waals surface area contributed by atoms with Crippen molar-refractivity contribution in [3.8, 4) is 0 Å². The third-order valence-corrected chi connectivity index (χ3v) is 6.69. The van der Waals surface area contributed by atoms with Gasteiger partial charge in [-0.2, -0.15) is 0 Å². The van der Waals surface area contributed by atoms with Gasteiger partial charge in [0.05, 0.1) is 12.2 Å². The highest BCUT2D eigenvalue weighted by atomic mass is 79.9. The Morgan fingerprint density at radius 3 is 2.40 bits per heavy atom. The van der Waals surface area contributed by atoms with E-state index < -0.39 is 11.9 Å². The standard InChI is InChI=1S/C22H24BrNO5S/c1-3-28-21(26)17-13(2)18(22(27)29-16-7-5-4-6-8-16)30-20(17)24-19(25)14-9-11-15(23)12-10-14/h9-12,16H,3-8H2,1-2H3,(H,24,25). The molecule has 1 fully saturated rings. The van der Waals surface area contributed by atoms with Gasteiger partial charge in [0.1, 0.15) is 16.0 Å². The quantitative estimate of drug-likeness (QED) is 0.518. The van der Waals surface area contributed by atoms with Crippen molar-refractivity contribution in [1.29, 1.82) is 0 Å². The highest BCUT2D eigenvalue weighted by Gasteiger charge is 2.29. The minimum atomic E-state index is -0.575. The summed E-state index contributed by atoms with van der Waals surface area (Å²) in [6.07, 6.45) is 4.86. The number of hydrogen-bond donors (Lipinski definition) is 1. The number of ether oxygens (including phenoxy) is 2. The molecule has 3 rings (SSSR count). The van der Waals surface area contributed by atoms with E-state index in [9.17, 15) is 14.4 Å². The van der Waals surface area contributed by atoms with Gasteiger partial charge in [-0.15, -0.1) is 11.3 Å². The van der Waals surface area contributed by atoms with Crippen LogP contribution in [0.1, 0.15) is 75.0 Å². The van der Waals surface area contributed by atoms with Crippen LogP contribution in [0.4, 0.5) is 5.00 Å². The lowest BCUT2D eigenvalue weighted by atomic mass is 9.98. The lowest BCUT2D eigenvalue weighted by Gasteiger charge is -2.21. The first-order chi connectivity index (χ1) is 14.4. The SMILES string of the molecule is CCOC(=O)c1c(NC(=O)c2ccc(Br)cc2)sc(C(=O)OC2CCCCC2)c1C. The second-order valence-electron chi connectivity index (χ2n) is 7.11. The van der Waals surface area contributed by atoms with E-state index >= 15 is 0 Å². The zero-order valence-corrected chi connectivity index (χ0v) is 19.4. The normalized spacial score (nSPS) is 14.2. The molecule has 1 N–H and O–H groups in total. The molecule has 0 saturated heterocycles. The molecule has 0 spiro atoms. The maximum atomic E-state index is 12.8. The Labute approximate surface area is 188 Å². The van der Waals surface area contributed by atoms with Gasteiger partial charge in [0.25, 0.3) is 5.91 Å². The van der Waals surface area contributed by atoms with Crippen LogP contribution in [0.25, 0.3) is 0 Å². The summed E-state index contributed by atoms with van der Waals surface area (Å²) in [5.74, 6) is -1.41. The molecule has 1 amide bonds. The predicted molar refractivity (Wildman–Crippen MR) is 119 cm³/mol. The molecular weight excluding hydrogens is 470 g/mol. The van der Waals surface area contributed by atoms with E-state index in [4.69, 9.17) is 9.47 Å². The number of benzene rings is 1. The van der Waals surface area contributed by atoms with E-state index in [1.54, 1.807) is 38.1 Å². The lowest BCUT2D eigenvalue weighted by molar-refractivity contribution is 0.0216. The molecular formula is C22H24BrNO5S. The topological polar surface area (TPSA) is 81.7 Å². The fraction of sp³-hybridized carbons (Fsp3) is 0.409. The van der Waals surface area contributed by atoms with Crippen LogP contribution in [-0.4, -0.2) is 30.6 Å². The average molecular weight is 494 g/mol. The molecule has 8 heteroatoms. The number of thiophene rings is 1. The average Bonchev–Trinajstić information content (AvgIpc) is 3.05. The first-order valence-corrected chi connectivity index (χ1v) is 11.6. The molecule has 1 aliphatic carbocycles. The van der Waals surface area contributed by atoms with E-state index in [0.717, 1.165) is 47.9 Å². The molecule has 160 valence electrons. The van der Waals surface area contributed by atoms with E-state index in [1.807, 2.05) is 0 Å². The first-order valence-electron chi connectivity index (χ1n) is 9.99. The predicted octanol–water partition coefficient (Wildman–Crippen LogP) is 5.74. The maximum Gasteiger partial charge on any atom is 0.348 e. The van der Waals surface area contributed by atoms with Crippen LogP contribution in [-0.2, 0) is 9.47 Å². The molecule has 0 unspecified atom stereocenters. The van der Waals surface area contributed by atoms with Crippen molar-refractivity contribution in [3.05, 3.63) is 50.3 Å². The molecule has 0 aliphatic heterocycles. The van der Waals surface area contributed by atoms with Crippen LogP contribution >= 0.6 is 27.3 Å². The van der Waals surface area contributed by atoms with E-state index in [0.29, 0.717) is 16.0 Å². The van der Waals surface area contributed by atoms with E-state index in [1.165, 1.54) is 0 Å². The smallest absolute Gasteiger partial charge is 0.348 e. The zero-order chi connectivity index (χ0) is 21.7. The summed E-state index contributed by atoms with van der Waals surface area (Å²) >= 11 is 4.38. The lowest BCUT2D eigenvalue weighted by Crippen LogP contribution is -2.21. The third kappa shape index (κ3) is 5.29. The fourth-order valence-electron chi connectivity index (χ4n) is 3.41. The monoisotopic (exact) mass is 493 g/mol. The van der Waals surface area contributed by atoms with E-state index in [-0.39, 0.29) is 29.2 Å². The summed E-state index contributed by atoms with van der Waals surface area (Å²) in [5.41, 5.74) is 1.10. The number of nitrogens with one attached hydrogen (secondary N) is 1. The number of amides is 1. The molecule has 0 bridgehead atoms. The van der Waals surface area contributed by atoms with Gasteiger partial charge in [-0.3, -0.25) is 4.79 Å². The van der Waals surface area contributed by atoms with Gasteiger partial charge in [0.2, 0.25) is 0 Å². The summed E-state index contributed by atoms with van der Waals surface area (Å²) in [4.78, 5) is 38.3. The van der Waals surface area contributed by atoms with Gasteiger partial charge in [-0.25, -0.2) is 9.59 Å². The number of anilines is 1. The summed E-state index contributed by atoms with van der Waals surface area (Å²) in [6.45, 7) is 3.57. The highest BCUT2D eigenvalue weighted by molar-refractivity contribution is 9.10. The molecule has 1 aromatic heterocycles. The van der Waals surface area contributed by atoms with Crippen molar-refractivity contribution < 1.29 is 23.9 Å². The number of esters is 2. The van der Waals surface area contributed by atoms with Gasteiger partial charge in [-0.05, 0) is 69.4 Å². The summed E-state index contributed by atoms with van der Waals surface area (Å²) in [5, 5.41) is 3.05. The number of hydrogen-bond acceptors (Lipinski definition) is 6. The molecule has 0 radical (unpaired) electrons. The van der Waals surface area contributed by atoms with Crippen LogP contribution in [0.5, 0.6) is 0 Å². The summed E-state index contributed by atoms with van der Waals surface area (Å²) < 4.78 is 11.7. The van der Waals surface area contributed by atoms with Crippen molar-refractivity contribution in [1.82, 2.24) is 0 Å². The number of carbonyl (C=O) groups excluding carboxylic acids is 3. The van der Waals surface area contributed by atoms with Crippen molar-refractivity contribution in [2.45, 2.75) is 52.1 Å². The van der Waals surface area contributed by atoms with Crippen molar-refractivity contribution in [3.63, 3.8) is 0 Å². The van der Waals surface area contributed by atoms with Gasteiger partial charge in [-0.1, -0.05) is 22.4 Å². The van der Waals surface area contributed by atoms with Crippen molar-refractivity contribution in [2.75, 3.05) is 11.9 Å². The molecule has 6 nitrogen and oxygen atoms in total. The Morgan fingerprint density at radius 2 is 1.77 bits per heavy atom. The Morgan fingerprint density at radius 1 is 1.10 bits per heavy atom. The second-order valence-corrected chi connectivity index (χ2v) is 9.04. The minimum Gasteiger partial charge on any atom is -0.462 e. The summed E-state index contributed by atoms with van der Waals surface area (Å²) in [6, 6.07) is 6.85. The number of rotatable bonds is 6. The van der Waals surface area contributed by atoms with E-state index in [2.05, 4.69) is 21.2 Å². The summed E-state index contributed by atoms with van der Waals surface area (Å²) in [7, 11) is 0. The molecule has 1 aliphatic rings. The largest absolute Gasteiger partial charge is 0.462 e. The highest BCUT2D eigenvalue weighted by Crippen LogP contribution is 2.35. The van der Waals surface area contributed by atoms with Gasteiger partial charge in [0.15, 0.2) is 0 Å². The molecule has 1 aromatic carbocycles. The fourth-order valence-corrected chi connectivity index (χ4v) is 4.75. The molecule has 1 heterocycles. The Hall–Kier alpha value is -2.19. The third-order valence-electron chi connectivity index (χ3n) is 4.97. The Balaban J connectivity index is 1.87. The van der Waals surface area contributed by atoms with Crippen LogP contribution in [0.3, 0.4) is 0 Å². The maximum absolute atomic E-state index is 12.8. The first kappa shape index (κ1) is 22.5. The minimum absolute atomic E-state index is 0.0976.